The summed E-state index contributed by atoms with van der Waals surface area (Å²) in [4.78, 5) is 11.2. The molecule has 4 heteroatoms. The number of alkyl halides is 2. The van der Waals surface area contributed by atoms with Gasteiger partial charge in [-0.25, -0.2) is 13.6 Å². The van der Waals surface area contributed by atoms with E-state index in [0.29, 0.717) is 31.1 Å². The van der Waals surface area contributed by atoms with E-state index in [1.807, 2.05) is 0 Å². The molecule has 0 radical (unpaired) electrons. The minimum absolute atomic E-state index is 0.205. The lowest BCUT2D eigenvalue weighted by molar-refractivity contribution is -0.171. The molecular formula is C14H20F2O2. The van der Waals surface area contributed by atoms with Crippen LogP contribution in [0.2, 0.25) is 0 Å². The first-order valence-electron chi connectivity index (χ1n) is 6.89. The van der Waals surface area contributed by atoms with Crippen LogP contribution in [0.1, 0.15) is 45.4 Å². The van der Waals surface area contributed by atoms with Gasteiger partial charge in [0.25, 0.3) is 0 Å². The van der Waals surface area contributed by atoms with E-state index in [1.54, 1.807) is 0 Å². The Morgan fingerprint density at radius 2 is 1.94 bits per heavy atom. The first-order valence-corrected chi connectivity index (χ1v) is 6.89. The Bertz CT molecular complexity index is 353. The zero-order valence-corrected chi connectivity index (χ0v) is 10.8. The molecule has 0 spiro atoms. The smallest absolute Gasteiger partial charge is 0.340 e. The fourth-order valence-corrected chi connectivity index (χ4v) is 4.84. The maximum Gasteiger partial charge on any atom is 0.340 e. The van der Waals surface area contributed by atoms with Crippen molar-refractivity contribution in [2.75, 3.05) is 6.61 Å². The second-order valence-electron chi connectivity index (χ2n) is 6.84. The molecule has 2 nitrogen and oxygen atoms in total. The first kappa shape index (κ1) is 12.4. The molecule has 0 aliphatic heterocycles. The molecule has 4 fully saturated rings. The summed E-state index contributed by atoms with van der Waals surface area (Å²) in [6.45, 7) is 1.39. The maximum absolute atomic E-state index is 14.6. The Hall–Kier alpha value is -0.670. The third kappa shape index (κ3) is 2.04. The minimum Gasteiger partial charge on any atom is -0.463 e. The summed E-state index contributed by atoms with van der Waals surface area (Å²) in [6.07, 6.45) is 3.30. The largest absolute Gasteiger partial charge is 0.463 e. The number of esters is 1. The minimum atomic E-state index is -1.58. The number of halogens is 2. The maximum atomic E-state index is 14.6. The summed E-state index contributed by atoms with van der Waals surface area (Å²) >= 11 is 0. The van der Waals surface area contributed by atoms with Gasteiger partial charge in [-0.1, -0.05) is 0 Å². The zero-order valence-electron chi connectivity index (χ0n) is 10.8. The number of ether oxygens (including phenoxy) is 1. The van der Waals surface area contributed by atoms with Gasteiger partial charge < -0.3 is 4.74 Å². The van der Waals surface area contributed by atoms with Gasteiger partial charge >= 0.3 is 5.97 Å². The Kier molecular flexibility index (Phi) is 2.69. The molecule has 4 rings (SSSR count). The van der Waals surface area contributed by atoms with Crippen molar-refractivity contribution in [1.29, 1.82) is 0 Å². The predicted octanol–water partition coefficient (Wildman–Crippen LogP) is 3.20. The summed E-state index contributed by atoms with van der Waals surface area (Å²) in [7, 11) is 0. The van der Waals surface area contributed by atoms with Gasteiger partial charge in [-0.05, 0) is 57.3 Å². The molecule has 4 saturated carbocycles. The van der Waals surface area contributed by atoms with E-state index in [2.05, 4.69) is 0 Å². The molecule has 0 N–H and O–H groups in total. The number of hydrogen-bond donors (Lipinski definition) is 0. The third-order valence-corrected chi connectivity index (χ3v) is 4.96. The Balaban J connectivity index is 1.70. The second-order valence-corrected chi connectivity index (χ2v) is 6.84. The fraction of sp³-hybridized carbons (Fsp3) is 0.929. The Morgan fingerprint density at radius 3 is 2.44 bits per heavy atom. The van der Waals surface area contributed by atoms with Crippen LogP contribution < -0.4 is 0 Å². The lowest BCUT2D eigenvalue weighted by Crippen LogP contribution is -2.55. The first-order chi connectivity index (χ1) is 8.40. The van der Waals surface area contributed by atoms with E-state index in [1.165, 1.54) is 6.92 Å². The van der Waals surface area contributed by atoms with E-state index in [0.717, 1.165) is 19.3 Å². The van der Waals surface area contributed by atoms with Crippen LogP contribution in [0, 0.1) is 17.3 Å². The van der Waals surface area contributed by atoms with Crippen molar-refractivity contribution in [1.82, 2.24) is 0 Å². The Labute approximate surface area is 106 Å². The molecular weight excluding hydrogens is 238 g/mol. The van der Waals surface area contributed by atoms with Gasteiger partial charge in [0.05, 0.1) is 6.61 Å². The highest BCUT2D eigenvalue weighted by molar-refractivity contribution is 5.73. The van der Waals surface area contributed by atoms with E-state index >= 15 is 0 Å². The lowest BCUT2D eigenvalue weighted by Gasteiger charge is -2.58. The van der Waals surface area contributed by atoms with Crippen molar-refractivity contribution in [3.8, 4) is 0 Å². The summed E-state index contributed by atoms with van der Waals surface area (Å²) < 4.78 is 32.4. The molecule has 18 heavy (non-hydrogen) atoms. The van der Waals surface area contributed by atoms with Crippen LogP contribution in [0.5, 0.6) is 0 Å². The predicted molar refractivity (Wildman–Crippen MR) is 62.5 cm³/mol. The molecule has 4 bridgehead atoms. The van der Waals surface area contributed by atoms with Crippen molar-refractivity contribution >= 4 is 5.97 Å². The highest BCUT2D eigenvalue weighted by atomic mass is 19.1. The SMILES string of the molecule is CC(F)C(=O)OCC12CC3CC(CC(F)(C3)C1)C2. The number of carbonyl (C=O) groups excluding carboxylic acids is 1. The van der Waals surface area contributed by atoms with E-state index in [4.69, 9.17) is 4.74 Å². The van der Waals surface area contributed by atoms with Gasteiger partial charge in [0.2, 0.25) is 0 Å². The molecule has 4 aliphatic rings. The quantitative estimate of drug-likeness (QED) is 0.727. The molecule has 102 valence electrons. The molecule has 0 aromatic heterocycles. The van der Waals surface area contributed by atoms with Gasteiger partial charge in [-0.15, -0.1) is 0 Å². The van der Waals surface area contributed by atoms with Crippen LogP contribution in [-0.4, -0.2) is 24.4 Å². The van der Waals surface area contributed by atoms with E-state index in [-0.39, 0.29) is 12.0 Å². The van der Waals surface area contributed by atoms with Crippen LogP contribution >= 0.6 is 0 Å². The van der Waals surface area contributed by atoms with Gasteiger partial charge in [0.15, 0.2) is 6.17 Å². The number of carbonyl (C=O) groups is 1. The van der Waals surface area contributed by atoms with Gasteiger partial charge in [0, 0.05) is 5.41 Å². The van der Waals surface area contributed by atoms with Crippen LogP contribution in [0.3, 0.4) is 0 Å². The van der Waals surface area contributed by atoms with Crippen molar-refractivity contribution in [3.05, 3.63) is 0 Å². The summed E-state index contributed by atoms with van der Waals surface area (Å²) in [5.74, 6) is 0.0779. The van der Waals surface area contributed by atoms with Crippen molar-refractivity contribution < 1.29 is 18.3 Å². The van der Waals surface area contributed by atoms with Gasteiger partial charge in [-0.3, -0.25) is 0 Å². The normalized spacial score (nSPS) is 47.1. The molecule has 4 aliphatic carbocycles. The van der Waals surface area contributed by atoms with E-state index in [9.17, 15) is 13.6 Å². The number of rotatable bonds is 3. The average Bonchev–Trinajstić information content (AvgIpc) is 2.22. The molecule has 0 aromatic rings. The topological polar surface area (TPSA) is 26.3 Å². The van der Waals surface area contributed by atoms with Crippen molar-refractivity contribution in [3.63, 3.8) is 0 Å². The second kappa shape index (κ2) is 3.91. The average molecular weight is 258 g/mol. The molecule has 3 atom stereocenters. The summed E-state index contributed by atoms with van der Waals surface area (Å²) in [6, 6.07) is 0. The summed E-state index contributed by atoms with van der Waals surface area (Å²) in [5, 5.41) is 0. The van der Waals surface area contributed by atoms with Crippen molar-refractivity contribution in [2.45, 2.75) is 57.3 Å². The number of hydrogen-bond acceptors (Lipinski definition) is 2. The highest BCUT2D eigenvalue weighted by Crippen LogP contribution is 2.62. The molecule has 0 heterocycles. The monoisotopic (exact) mass is 258 g/mol. The molecule has 0 saturated heterocycles. The Morgan fingerprint density at radius 1 is 1.33 bits per heavy atom. The van der Waals surface area contributed by atoms with Crippen LogP contribution in [0.25, 0.3) is 0 Å². The molecule has 0 aromatic carbocycles. The molecule has 0 amide bonds. The van der Waals surface area contributed by atoms with Gasteiger partial charge in [-0.2, -0.15) is 0 Å². The van der Waals surface area contributed by atoms with E-state index < -0.39 is 17.8 Å². The van der Waals surface area contributed by atoms with Gasteiger partial charge in [0.1, 0.15) is 5.67 Å². The zero-order chi connectivity index (χ0) is 13.0. The standard InChI is InChI=1S/C14H20F2O2/c1-9(15)12(17)18-8-13-3-10-2-11(4-13)6-14(16,5-10)7-13/h9-11H,2-8H2,1H3. The van der Waals surface area contributed by atoms with Crippen LogP contribution in [0.15, 0.2) is 0 Å². The van der Waals surface area contributed by atoms with Crippen LogP contribution in [-0.2, 0) is 9.53 Å². The summed E-state index contributed by atoms with van der Waals surface area (Å²) in [5.41, 5.74) is -1.25. The lowest BCUT2D eigenvalue weighted by atomic mass is 9.49. The van der Waals surface area contributed by atoms with Crippen LogP contribution in [0.4, 0.5) is 8.78 Å². The van der Waals surface area contributed by atoms with Crippen molar-refractivity contribution in [2.24, 2.45) is 17.3 Å². The molecule has 3 unspecified atom stereocenters. The third-order valence-electron chi connectivity index (χ3n) is 4.96. The fourth-order valence-electron chi connectivity index (χ4n) is 4.84. The highest BCUT2D eigenvalue weighted by Gasteiger charge is 2.58.